The summed E-state index contributed by atoms with van der Waals surface area (Å²) in [5.74, 6) is 1.94. The molecule has 8 heteroatoms. The lowest BCUT2D eigenvalue weighted by Gasteiger charge is -2.59. The first kappa shape index (κ1) is 84.6. The number of anilines is 6. The summed E-state index contributed by atoms with van der Waals surface area (Å²) >= 11 is 0. The second-order valence-corrected chi connectivity index (χ2v) is 41.5. The zero-order valence-electron chi connectivity index (χ0n) is 79.1. The van der Waals surface area contributed by atoms with Crippen molar-refractivity contribution in [2.75, 3.05) is 9.80 Å². The summed E-state index contributed by atoms with van der Waals surface area (Å²) < 4.78 is 4.86. The molecule has 138 heavy (non-hydrogen) atoms. The van der Waals surface area contributed by atoms with E-state index in [1.807, 2.05) is 0 Å². The van der Waals surface area contributed by atoms with E-state index in [9.17, 15) is 0 Å². The van der Waals surface area contributed by atoms with Gasteiger partial charge >= 0.3 is 0 Å². The van der Waals surface area contributed by atoms with Crippen molar-refractivity contribution < 1.29 is 0 Å². The van der Waals surface area contributed by atoms with Crippen molar-refractivity contribution in [1.82, 2.24) is 9.13 Å². The maximum Gasteiger partial charge on any atom is 0.217 e. The molecule has 0 radical (unpaired) electrons. The van der Waals surface area contributed by atoms with Crippen LogP contribution in [0, 0.1) is 23.7 Å². The highest BCUT2D eigenvalue weighted by Gasteiger charge is 2.64. The fraction of sp³-hybridized carbons (Fsp3) is 0.138. The molecule has 4 nitrogen and oxygen atoms in total. The molecule has 660 valence electrons. The molecule has 10 atom stereocenters. The first-order valence-corrected chi connectivity index (χ1v) is 49.8. The van der Waals surface area contributed by atoms with Gasteiger partial charge in [-0.2, -0.15) is 0 Å². The van der Waals surface area contributed by atoms with Crippen molar-refractivity contribution in [3.05, 3.63) is 531 Å². The Morgan fingerprint density at radius 2 is 0.420 bits per heavy atom. The number of aromatic nitrogens is 2. The summed E-state index contributed by atoms with van der Waals surface area (Å²) in [7, 11) is 0. The van der Waals surface area contributed by atoms with Gasteiger partial charge in [0.25, 0.3) is 0 Å². The molecule has 2 aromatic heterocycles. The van der Waals surface area contributed by atoms with Crippen LogP contribution < -0.4 is 53.5 Å². The molecule has 2 spiro atoms. The average molecular weight is 1770 g/mol. The Kier molecular flexibility index (Phi) is 20.9. The molecule has 10 unspecified atom stereocenters. The fourth-order valence-corrected chi connectivity index (χ4v) is 26.8. The molecule has 0 amide bonds. The lowest BCUT2D eigenvalue weighted by Crippen LogP contribution is -2.67. The highest BCUT2D eigenvalue weighted by atomic mass is 15.1. The lowest BCUT2D eigenvalue weighted by molar-refractivity contribution is 0.281. The predicted molar refractivity (Wildman–Crippen MR) is 591 cm³/mol. The van der Waals surface area contributed by atoms with E-state index < -0.39 is 0 Å². The van der Waals surface area contributed by atoms with Crippen LogP contribution in [0.2, 0.25) is 23.3 Å². The van der Waals surface area contributed by atoms with Crippen LogP contribution in [0.15, 0.2) is 498 Å². The minimum absolute atomic E-state index is 0.0729. The normalized spacial score (nSPS) is 21.0. The second kappa shape index (κ2) is 34.0. The lowest BCUT2D eigenvalue weighted by atomic mass is 9.19. The predicted octanol–water partition coefficient (Wildman–Crippen LogP) is 26.6. The average Bonchev–Trinajstić information content (AvgIpc) is 0.898. The molecule has 8 aliphatic rings. The second-order valence-electron chi connectivity index (χ2n) is 41.5. The summed E-state index contributed by atoms with van der Waals surface area (Å²) in [5, 5.41) is 5.15. The number of para-hydroxylation sites is 6. The SMILES string of the molecule is C1=CC2B(c3ccc(N(c4ccccc4)c4ccccc4)cc3)c3ccccc3C3(c4ccccc4B(c4ccc(-n5c6ccccc6c6ccccc65)cc4)C4C=CC=CC43)C2C=C1.CC(C)(C)c1ccc(N(c2ccc(B3c4ccccc4C4(c5ccccc5B(c5ccc(-n6c7ccccc7c7ccccc76)cc5)C5C=CC=CC54)C4C=CC=CC34)cc2)c2ccc(C(C)(C)C)cc2)cc1. The molecule has 26 rings (SSSR count). The van der Waals surface area contributed by atoms with Gasteiger partial charge < -0.3 is 18.9 Å². The molecule has 0 saturated heterocycles. The third-order valence-electron chi connectivity index (χ3n) is 32.5. The molecular weight excluding hydrogens is 1660 g/mol. The van der Waals surface area contributed by atoms with E-state index in [2.05, 4.69) is 558 Å². The van der Waals surface area contributed by atoms with Crippen molar-refractivity contribution in [3.63, 3.8) is 0 Å². The Hall–Kier alpha value is -15.1. The largest absolute Gasteiger partial charge is 0.311 e. The van der Waals surface area contributed by atoms with Crippen molar-refractivity contribution in [2.45, 2.75) is 86.5 Å². The molecule has 0 fully saturated rings. The van der Waals surface area contributed by atoms with Crippen molar-refractivity contribution in [2.24, 2.45) is 23.7 Å². The Labute approximate surface area is 813 Å². The Morgan fingerprint density at radius 1 is 0.210 bits per heavy atom. The number of hydrogen-bond donors (Lipinski definition) is 0. The zero-order chi connectivity index (χ0) is 92.5. The van der Waals surface area contributed by atoms with Gasteiger partial charge in [0.05, 0.1) is 22.1 Å². The third-order valence-corrected chi connectivity index (χ3v) is 32.5. The molecule has 0 N–H and O–H groups in total. The van der Waals surface area contributed by atoms with Gasteiger partial charge in [0.2, 0.25) is 26.9 Å². The van der Waals surface area contributed by atoms with Gasteiger partial charge in [0, 0.05) is 77.9 Å². The third kappa shape index (κ3) is 13.6. The fourth-order valence-electron chi connectivity index (χ4n) is 26.8. The quantitative estimate of drug-likeness (QED) is 0.113. The van der Waals surface area contributed by atoms with Gasteiger partial charge in [-0.3, -0.25) is 0 Å². The summed E-state index contributed by atoms with van der Waals surface area (Å²) in [6.45, 7) is 14.5. The topological polar surface area (TPSA) is 16.3 Å². The molecule has 4 aliphatic carbocycles. The van der Waals surface area contributed by atoms with Gasteiger partial charge in [0.15, 0.2) is 0 Å². The van der Waals surface area contributed by atoms with Gasteiger partial charge in [-0.25, -0.2) is 0 Å². The standard InChI is InChI=1S/C69H62B2N2.C61H46B2N2/c1-67(2,3)47-31-39-51(40-32-47)72(52-41-33-48(34-42-52)68(4,5)6)53-43-35-49(36-44-53)70-61-25-13-9-21-57(61)69(58-22-10-14-26-62(58)70)59-23-11-15-27-63(59)71(64-28-16-12-24-60(64)69)50-37-45-54(46-38-50)73-65-29-17-7-19-55(65)56-20-8-18-30-66(56)73;1-3-19-45(20-4-1)64(46-21-5-2-6-22-46)47-39-35-43(36-40-47)62-55-29-13-9-25-51(55)61(52-26-10-14-30-56(52)62)53-27-11-15-31-57(53)63(58-32-16-12-28-54(58)61)44-37-41-48(42-38-44)65-59-33-17-7-23-49(59)50-24-8-18-34-60(50)65/h7-46,57,59,61,63H,1-6H3;1-42,51,53,55,57H. The van der Waals surface area contributed by atoms with Crippen molar-refractivity contribution in [1.29, 1.82) is 0 Å². The Morgan fingerprint density at radius 3 is 0.681 bits per heavy atom. The van der Waals surface area contributed by atoms with Crippen LogP contribution in [-0.4, -0.2) is 36.0 Å². The van der Waals surface area contributed by atoms with E-state index in [0.717, 1.165) is 34.1 Å². The maximum atomic E-state index is 2.58. The Bertz CT molecular complexity index is 7780. The summed E-state index contributed by atoms with van der Waals surface area (Å²) in [6, 6.07) is 151. The summed E-state index contributed by atoms with van der Waals surface area (Å²) in [4.78, 5) is 4.78. The molecular formula is C130H108B4N4. The molecule has 18 aromatic rings. The van der Waals surface area contributed by atoms with E-state index >= 15 is 0 Å². The van der Waals surface area contributed by atoms with Gasteiger partial charge in [0.1, 0.15) is 0 Å². The van der Waals surface area contributed by atoms with Crippen molar-refractivity contribution >= 4 is 148 Å². The van der Waals surface area contributed by atoms with Crippen molar-refractivity contribution in [3.8, 4) is 11.4 Å². The maximum absolute atomic E-state index is 2.58. The van der Waals surface area contributed by atoms with Crippen LogP contribution >= 0.6 is 0 Å². The smallest absolute Gasteiger partial charge is 0.217 e. The minimum atomic E-state index is -0.296. The molecule has 0 bridgehead atoms. The first-order valence-electron chi connectivity index (χ1n) is 49.8. The van der Waals surface area contributed by atoms with Crippen LogP contribution in [-0.2, 0) is 21.7 Å². The number of hydrogen-bond acceptors (Lipinski definition) is 2. The molecule has 4 aliphatic heterocycles. The van der Waals surface area contributed by atoms with Gasteiger partial charge in [-0.05, 0) is 212 Å². The Balaban J connectivity index is 0.000000147. The summed E-state index contributed by atoms with van der Waals surface area (Å²) in [5.41, 5.74) is 33.6. The number of allylic oxidation sites excluding steroid dienone is 16. The zero-order valence-corrected chi connectivity index (χ0v) is 79.1. The van der Waals surface area contributed by atoms with E-state index in [1.165, 1.54) is 132 Å². The molecule has 0 saturated carbocycles. The number of nitrogens with zero attached hydrogens (tertiary/aromatic N) is 4. The van der Waals surface area contributed by atoms with Crippen LogP contribution in [0.3, 0.4) is 0 Å². The van der Waals surface area contributed by atoms with E-state index in [1.54, 1.807) is 0 Å². The van der Waals surface area contributed by atoms with E-state index in [-0.39, 0.29) is 95.5 Å². The van der Waals surface area contributed by atoms with Crippen LogP contribution in [0.25, 0.3) is 55.0 Å². The number of rotatable bonds is 12. The van der Waals surface area contributed by atoms with Crippen LogP contribution in [0.5, 0.6) is 0 Å². The number of benzene rings is 16. The molecule has 16 aromatic carbocycles. The highest BCUT2D eigenvalue weighted by Crippen LogP contribution is 2.63. The highest BCUT2D eigenvalue weighted by molar-refractivity contribution is 6.90. The van der Waals surface area contributed by atoms with Gasteiger partial charge in [-0.1, -0.05) is 462 Å². The minimum Gasteiger partial charge on any atom is -0.311 e. The van der Waals surface area contributed by atoms with Crippen LogP contribution in [0.4, 0.5) is 34.1 Å². The first-order chi connectivity index (χ1) is 67.8. The van der Waals surface area contributed by atoms with Crippen LogP contribution in [0.1, 0.15) is 74.9 Å². The number of fused-ring (bicyclic) bond motifs is 22. The summed E-state index contributed by atoms with van der Waals surface area (Å²) in [6.07, 6.45) is 39.0. The van der Waals surface area contributed by atoms with Gasteiger partial charge in [-0.15, -0.1) is 0 Å². The van der Waals surface area contributed by atoms with E-state index in [0.29, 0.717) is 0 Å². The monoisotopic (exact) mass is 1770 g/mol. The molecule has 6 heterocycles. The van der Waals surface area contributed by atoms with E-state index in [4.69, 9.17) is 0 Å².